The van der Waals surface area contributed by atoms with Gasteiger partial charge in [-0.1, -0.05) is 12.1 Å². The number of fused-ring (bicyclic) bond motifs is 2. The summed E-state index contributed by atoms with van der Waals surface area (Å²) in [5, 5.41) is 5.21. The van der Waals surface area contributed by atoms with Crippen LogP contribution in [-0.4, -0.2) is 69.2 Å². The van der Waals surface area contributed by atoms with Gasteiger partial charge in [0.05, 0.1) is 29.5 Å². The highest BCUT2D eigenvalue weighted by Gasteiger charge is 2.36. The van der Waals surface area contributed by atoms with Crippen molar-refractivity contribution in [3.8, 4) is 0 Å². The molecule has 0 atom stereocenters. The van der Waals surface area contributed by atoms with E-state index in [0.29, 0.717) is 17.9 Å². The maximum atomic E-state index is 12.4. The Bertz CT molecular complexity index is 1080. The van der Waals surface area contributed by atoms with Crippen molar-refractivity contribution in [1.82, 2.24) is 24.6 Å². The van der Waals surface area contributed by atoms with Gasteiger partial charge in [-0.3, -0.25) is 24.1 Å². The lowest BCUT2D eigenvalue weighted by Crippen LogP contribution is -2.51. The van der Waals surface area contributed by atoms with E-state index >= 15 is 0 Å². The third-order valence-corrected chi connectivity index (χ3v) is 5.40. The summed E-state index contributed by atoms with van der Waals surface area (Å²) in [7, 11) is 1.86. The normalized spacial score (nSPS) is 17.6. The molecule has 0 spiro atoms. The van der Waals surface area contributed by atoms with E-state index in [1.54, 1.807) is 34.2 Å². The lowest BCUT2D eigenvalue weighted by atomic mass is 10.1. The first-order chi connectivity index (χ1) is 13.6. The van der Waals surface area contributed by atoms with E-state index in [0.717, 1.165) is 43.0 Å². The molecular weight excluding hydrogens is 358 g/mol. The first-order valence-corrected chi connectivity index (χ1v) is 9.19. The molecule has 1 saturated heterocycles. The fourth-order valence-corrected chi connectivity index (χ4v) is 3.89. The molecule has 2 aliphatic rings. The molecule has 1 aromatic carbocycles. The number of carbonyl (C=O) groups is 2. The van der Waals surface area contributed by atoms with E-state index in [-0.39, 0.29) is 0 Å². The zero-order valence-electron chi connectivity index (χ0n) is 15.4. The summed E-state index contributed by atoms with van der Waals surface area (Å²) < 4.78 is 1.74. The molecule has 2 aliphatic heterocycles. The molecule has 2 aromatic heterocycles. The summed E-state index contributed by atoms with van der Waals surface area (Å²) in [5.41, 5.74) is 2.00. The van der Waals surface area contributed by atoms with E-state index in [2.05, 4.69) is 24.9 Å². The van der Waals surface area contributed by atoms with Gasteiger partial charge < -0.3 is 4.90 Å². The average Bonchev–Trinajstić information content (AvgIpc) is 3.22. The highest BCUT2D eigenvalue weighted by Crippen LogP contribution is 2.29. The summed E-state index contributed by atoms with van der Waals surface area (Å²) in [4.78, 5) is 39.3. The second-order valence-corrected chi connectivity index (χ2v) is 7.03. The molecule has 4 heterocycles. The van der Waals surface area contributed by atoms with Crippen LogP contribution in [0.3, 0.4) is 0 Å². The van der Waals surface area contributed by atoms with Crippen molar-refractivity contribution in [2.24, 2.45) is 7.05 Å². The second-order valence-electron chi connectivity index (χ2n) is 7.03. The maximum absolute atomic E-state index is 12.4. The Morgan fingerprint density at radius 1 is 1.04 bits per heavy atom. The molecule has 9 heteroatoms. The Labute approximate surface area is 161 Å². The minimum atomic E-state index is -0.448. The van der Waals surface area contributed by atoms with Crippen molar-refractivity contribution in [3.05, 3.63) is 42.4 Å². The number of hydrogen-bond donors (Lipinski definition) is 0. The number of piperazine rings is 1. The van der Waals surface area contributed by atoms with Crippen molar-refractivity contribution in [1.29, 1.82) is 0 Å². The Hall–Kier alpha value is -3.33. The van der Waals surface area contributed by atoms with Crippen molar-refractivity contribution in [3.63, 3.8) is 0 Å². The van der Waals surface area contributed by atoms with Gasteiger partial charge in [0.1, 0.15) is 12.1 Å². The Morgan fingerprint density at radius 2 is 1.82 bits per heavy atom. The quantitative estimate of drug-likeness (QED) is 0.620. The van der Waals surface area contributed by atoms with Crippen LogP contribution in [0.2, 0.25) is 0 Å². The molecule has 0 radical (unpaired) electrons. The predicted molar refractivity (Wildman–Crippen MR) is 103 cm³/mol. The van der Waals surface area contributed by atoms with Gasteiger partial charge >= 0.3 is 5.91 Å². The van der Waals surface area contributed by atoms with Crippen molar-refractivity contribution < 1.29 is 9.59 Å². The number of rotatable bonds is 3. The van der Waals surface area contributed by atoms with Gasteiger partial charge in [0, 0.05) is 33.2 Å². The van der Waals surface area contributed by atoms with E-state index in [1.165, 1.54) is 0 Å². The van der Waals surface area contributed by atoms with Crippen molar-refractivity contribution in [2.75, 3.05) is 42.6 Å². The number of benzene rings is 1. The van der Waals surface area contributed by atoms with Gasteiger partial charge in [0.25, 0.3) is 5.78 Å². The first kappa shape index (κ1) is 16.8. The Morgan fingerprint density at radius 3 is 2.64 bits per heavy atom. The van der Waals surface area contributed by atoms with Crippen LogP contribution < -0.4 is 9.80 Å². The molecule has 0 unspecified atom stereocenters. The molecule has 28 heavy (non-hydrogen) atoms. The zero-order valence-corrected chi connectivity index (χ0v) is 15.4. The molecule has 5 rings (SSSR count). The predicted octanol–water partition coefficient (Wildman–Crippen LogP) is 0.672. The number of para-hydroxylation sites is 1. The van der Waals surface area contributed by atoms with E-state index < -0.39 is 11.7 Å². The summed E-state index contributed by atoms with van der Waals surface area (Å²) in [5.74, 6) is 0.0150. The largest absolute Gasteiger partial charge is 0.353 e. The highest BCUT2D eigenvalue weighted by molar-refractivity contribution is 6.52. The van der Waals surface area contributed by atoms with Crippen molar-refractivity contribution in [2.45, 2.75) is 0 Å². The fraction of sp³-hybridized carbons (Fsp3) is 0.316. The molecule has 0 saturated carbocycles. The lowest BCUT2D eigenvalue weighted by Gasteiger charge is -2.37. The molecule has 3 aromatic rings. The summed E-state index contributed by atoms with van der Waals surface area (Å²) in [6, 6.07) is 7.17. The van der Waals surface area contributed by atoms with Crippen LogP contribution in [-0.2, 0) is 11.8 Å². The summed E-state index contributed by atoms with van der Waals surface area (Å²) >= 11 is 0. The molecule has 0 aliphatic carbocycles. The van der Waals surface area contributed by atoms with Crippen LogP contribution in [0.25, 0.3) is 11.0 Å². The van der Waals surface area contributed by atoms with Crippen LogP contribution in [0.5, 0.6) is 0 Å². The third-order valence-electron chi connectivity index (χ3n) is 5.40. The lowest BCUT2D eigenvalue weighted by molar-refractivity contribution is -0.114. The number of Topliss-reactive ketones (excluding diaryl/α,β-unsaturated/α-hetero) is 1. The standard InChI is InChI=1S/C19H19N7O2/c1-23-17-14(10-22-23)18(21-11-20-17)25-8-6-24(7-9-25)12-26-15-5-3-2-4-13(15)16(27)19(26)28/h2-5,10-11H,6-9,12H2,1H3. The number of hydrogen-bond acceptors (Lipinski definition) is 7. The minimum Gasteiger partial charge on any atom is -0.353 e. The Balaban J connectivity index is 1.30. The Kier molecular flexibility index (Phi) is 3.83. The van der Waals surface area contributed by atoms with Gasteiger partial charge in [-0.05, 0) is 12.1 Å². The molecule has 1 amide bonds. The van der Waals surface area contributed by atoms with Crippen LogP contribution >= 0.6 is 0 Å². The van der Waals surface area contributed by atoms with Gasteiger partial charge in [-0.15, -0.1) is 0 Å². The third kappa shape index (κ3) is 2.55. The van der Waals surface area contributed by atoms with Gasteiger partial charge in [0.15, 0.2) is 5.65 Å². The van der Waals surface area contributed by atoms with Crippen LogP contribution in [0, 0.1) is 0 Å². The summed E-state index contributed by atoms with van der Waals surface area (Å²) in [6.45, 7) is 3.51. The zero-order chi connectivity index (χ0) is 19.3. The van der Waals surface area contributed by atoms with Crippen LogP contribution in [0.4, 0.5) is 11.5 Å². The molecule has 142 valence electrons. The summed E-state index contributed by atoms with van der Waals surface area (Å²) in [6.07, 6.45) is 3.36. The van der Waals surface area contributed by atoms with Gasteiger partial charge in [-0.25, -0.2) is 9.97 Å². The highest BCUT2D eigenvalue weighted by atomic mass is 16.2. The number of aromatic nitrogens is 4. The molecule has 0 bridgehead atoms. The molecule has 0 N–H and O–H groups in total. The number of amides is 1. The number of carbonyl (C=O) groups excluding carboxylic acids is 2. The van der Waals surface area contributed by atoms with Crippen molar-refractivity contribution >= 4 is 34.2 Å². The van der Waals surface area contributed by atoms with Crippen LogP contribution in [0.15, 0.2) is 36.8 Å². The van der Waals surface area contributed by atoms with Crippen LogP contribution in [0.1, 0.15) is 10.4 Å². The minimum absolute atomic E-state index is 0.418. The van der Waals surface area contributed by atoms with E-state index in [4.69, 9.17) is 0 Å². The monoisotopic (exact) mass is 377 g/mol. The topological polar surface area (TPSA) is 87.5 Å². The molecule has 9 nitrogen and oxygen atoms in total. The number of nitrogens with zero attached hydrogens (tertiary/aromatic N) is 7. The maximum Gasteiger partial charge on any atom is 0.300 e. The number of ketones is 1. The first-order valence-electron chi connectivity index (χ1n) is 9.19. The van der Waals surface area contributed by atoms with E-state index in [9.17, 15) is 9.59 Å². The number of aryl methyl sites for hydroxylation is 1. The number of anilines is 2. The van der Waals surface area contributed by atoms with Gasteiger partial charge in [0.2, 0.25) is 0 Å². The molecule has 1 fully saturated rings. The molecular formula is C19H19N7O2. The second kappa shape index (κ2) is 6.38. The average molecular weight is 377 g/mol. The fourth-order valence-electron chi connectivity index (χ4n) is 3.89. The SMILES string of the molecule is Cn1ncc2c(N3CCN(CN4C(=O)C(=O)c5ccccc54)CC3)ncnc21. The van der Waals surface area contributed by atoms with Gasteiger partial charge in [-0.2, -0.15) is 5.10 Å². The van der Waals surface area contributed by atoms with E-state index in [1.807, 2.05) is 19.2 Å². The smallest absolute Gasteiger partial charge is 0.300 e.